The lowest BCUT2D eigenvalue weighted by atomic mass is 10.2. The van der Waals surface area contributed by atoms with E-state index in [9.17, 15) is 19.2 Å². The molecule has 0 bridgehead atoms. The fraction of sp³-hybridized carbons (Fsp3) is 0.200. The summed E-state index contributed by atoms with van der Waals surface area (Å²) in [4.78, 5) is 50.2. The van der Waals surface area contributed by atoms with Gasteiger partial charge in [0.05, 0.1) is 10.9 Å². The van der Waals surface area contributed by atoms with E-state index in [1.165, 1.54) is 4.57 Å². The van der Waals surface area contributed by atoms with Gasteiger partial charge < -0.3 is 10.6 Å². The molecule has 3 rings (SSSR count). The van der Waals surface area contributed by atoms with Crippen LogP contribution in [0.1, 0.15) is 23.7 Å². The van der Waals surface area contributed by atoms with Crippen LogP contribution in [0, 0.1) is 0 Å². The number of nitrogens with one attached hydrogen (secondary N) is 3. The van der Waals surface area contributed by atoms with E-state index in [1.54, 1.807) is 48.5 Å². The molecule has 0 atom stereocenters. The van der Waals surface area contributed by atoms with Crippen molar-refractivity contribution in [1.82, 2.24) is 14.9 Å². The Morgan fingerprint density at radius 1 is 1.04 bits per heavy atom. The molecule has 0 spiro atoms. The molecule has 0 saturated heterocycles. The van der Waals surface area contributed by atoms with Crippen LogP contribution >= 0.6 is 0 Å². The molecule has 0 saturated carbocycles. The number of para-hydroxylation sites is 1. The summed E-state index contributed by atoms with van der Waals surface area (Å²) in [6.07, 6.45) is 0.0496. The number of H-pyrrole nitrogens is 1. The number of hydrogen-bond donors (Lipinski definition) is 3. The Hall–Kier alpha value is -3.68. The average molecular weight is 380 g/mol. The van der Waals surface area contributed by atoms with Gasteiger partial charge in [0.25, 0.3) is 11.5 Å². The summed E-state index contributed by atoms with van der Waals surface area (Å²) < 4.78 is 1.37. The minimum absolute atomic E-state index is 0.0496. The van der Waals surface area contributed by atoms with Crippen LogP contribution in [0.5, 0.6) is 0 Å². The van der Waals surface area contributed by atoms with Gasteiger partial charge in [-0.1, -0.05) is 12.1 Å². The van der Waals surface area contributed by atoms with Gasteiger partial charge in [-0.2, -0.15) is 0 Å². The second kappa shape index (κ2) is 8.34. The molecule has 3 aromatic rings. The number of benzene rings is 2. The van der Waals surface area contributed by atoms with Crippen molar-refractivity contribution in [3.05, 3.63) is 74.9 Å². The van der Waals surface area contributed by atoms with E-state index in [0.717, 1.165) is 0 Å². The zero-order valence-corrected chi connectivity index (χ0v) is 15.3. The molecule has 0 radical (unpaired) electrons. The van der Waals surface area contributed by atoms with Crippen molar-refractivity contribution in [3.8, 4) is 0 Å². The average Bonchev–Trinajstić information content (AvgIpc) is 2.68. The highest BCUT2D eigenvalue weighted by Crippen LogP contribution is 2.11. The fourth-order valence-corrected chi connectivity index (χ4v) is 2.87. The molecule has 1 heterocycles. The van der Waals surface area contributed by atoms with Crippen LogP contribution < -0.4 is 21.9 Å². The Morgan fingerprint density at radius 3 is 2.46 bits per heavy atom. The monoisotopic (exact) mass is 380 g/mol. The predicted octanol–water partition coefficient (Wildman–Crippen LogP) is 1.47. The van der Waals surface area contributed by atoms with Crippen molar-refractivity contribution >= 4 is 28.4 Å². The summed E-state index contributed by atoms with van der Waals surface area (Å²) in [6.45, 7) is 2.50. The van der Waals surface area contributed by atoms with Crippen LogP contribution in [0.3, 0.4) is 0 Å². The molecule has 0 aliphatic heterocycles. The second-order valence-corrected chi connectivity index (χ2v) is 6.16. The Bertz CT molecular complexity index is 1130. The Kier molecular flexibility index (Phi) is 5.69. The van der Waals surface area contributed by atoms with Gasteiger partial charge >= 0.3 is 5.69 Å². The number of aromatic amines is 1. The lowest BCUT2D eigenvalue weighted by molar-refractivity contribution is -0.116. The molecule has 0 fully saturated rings. The van der Waals surface area contributed by atoms with Gasteiger partial charge in [-0.3, -0.25) is 23.9 Å². The van der Waals surface area contributed by atoms with Gasteiger partial charge in [0.15, 0.2) is 0 Å². The highest BCUT2D eigenvalue weighted by atomic mass is 16.2. The third-order valence-corrected chi connectivity index (χ3v) is 4.24. The first kappa shape index (κ1) is 19.1. The number of fused-ring (bicyclic) bond motifs is 1. The van der Waals surface area contributed by atoms with E-state index in [1.807, 2.05) is 6.92 Å². The lowest BCUT2D eigenvalue weighted by Gasteiger charge is -2.10. The SMILES string of the molecule is CCNC(=O)c1ccc(NC(=O)CCn2c(=O)[nH]c(=O)c3ccccc32)cc1. The molecule has 8 nitrogen and oxygen atoms in total. The van der Waals surface area contributed by atoms with Gasteiger partial charge in [-0.05, 0) is 43.3 Å². The van der Waals surface area contributed by atoms with E-state index in [0.29, 0.717) is 28.7 Å². The van der Waals surface area contributed by atoms with Crippen LogP contribution in [-0.2, 0) is 11.3 Å². The van der Waals surface area contributed by atoms with Crippen LogP contribution in [0.25, 0.3) is 10.9 Å². The number of rotatable bonds is 6. The molecule has 2 amide bonds. The first-order valence-corrected chi connectivity index (χ1v) is 8.89. The van der Waals surface area contributed by atoms with E-state index in [4.69, 9.17) is 0 Å². The van der Waals surface area contributed by atoms with Gasteiger partial charge in [0.2, 0.25) is 5.91 Å². The maximum absolute atomic E-state index is 12.2. The number of amides is 2. The molecule has 3 N–H and O–H groups in total. The maximum atomic E-state index is 12.2. The standard InChI is InChI=1S/C20H20N4O4/c1-2-21-18(26)13-7-9-14(10-8-13)22-17(25)11-12-24-16-6-4-3-5-15(16)19(27)23-20(24)28/h3-10H,2,11-12H2,1H3,(H,21,26)(H,22,25)(H,23,27,28). The first-order chi connectivity index (χ1) is 13.5. The molecule has 0 aliphatic carbocycles. The van der Waals surface area contributed by atoms with Crippen LogP contribution in [0.2, 0.25) is 0 Å². The van der Waals surface area contributed by atoms with E-state index < -0.39 is 11.2 Å². The molecule has 0 unspecified atom stereocenters. The summed E-state index contributed by atoms with van der Waals surface area (Å²) in [7, 11) is 0. The third kappa shape index (κ3) is 4.17. The molecular formula is C20H20N4O4. The molecular weight excluding hydrogens is 360 g/mol. The largest absolute Gasteiger partial charge is 0.352 e. The van der Waals surface area contributed by atoms with Gasteiger partial charge in [-0.25, -0.2) is 4.79 Å². The van der Waals surface area contributed by atoms with Gasteiger partial charge in [0, 0.05) is 30.8 Å². The number of aryl methyl sites for hydroxylation is 1. The van der Waals surface area contributed by atoms with Crippen molar-refractivity contribution in [2.24, 2.45) is 0 Å². The summed E-state index contributed by atoms with van der Waals surface area (Å²) in [5.74, 6) is -0.461. The summed E-state index contributed by atoms with van der Waals surface area (Å²) in [5.41, 5.74) is 0.537. The number of nitrogens with zero attached hydrogens (tertiary/aromatic N) is 1. The predicted molar refractivity (Wildman–Crippen MR) is 107 cm³/mol. The lowest BCUT2D eigenvalue weighted by Crippen LogP contribution is -2.31. The van der Waals surface area contributed by atoms with Crippen LogP contribution in [0.4, 0.5) is 5.69 Å². The minimum Gasteiger partial charge on any atom is -0.352 e. The zero-order valence-electron chi connectivity index (χ0n) is 15.3. The number of carbonyl (C=O) groups is 2. The fourth-order valence-electron chi connectivity index (χ4n) is 2.87. The Balaban J connectivity index is 1.68. The van der Waals surface area contributed by atoms with E-state index in [2.05, 4.69) is 15.6 Å². The van der Waals surface area contributed by atoms with Crippen LogP contribution in [-0.4, -0.2) is 27.9 Å². The van der Waals surface area contributed by atoms with Crippen molar-refractivity contribution in [2.45, 2.75) is 19.9 Å². The van der Waals surface area contributed by atoms with Crippen LogP contribution in [0.15, 0.2) is 58.1 Å². The summed E-state index contributed by atoms with van der Waals surface area (Å²) >= 11 is 0. The molecule has 8 heteroatoms. The third-order valence-electron chi connectivity index (χ3n) is 4.24. The number of carbonyl (C=O) groups excluding carboxylic acids is 2. The quantitative estimate of drug-likeness (QED) is 0.601. The van der Waals surface area contributed by atoms with Gasteiger partial charge in [0.1, 0.15) is 0 Å². The van der Waals surface area contributed by atoms with E-state index >= 15 is 0 Å². The smallest absolute Gasteiger partial charge is 0.328 e. The van der Waals surface area contributed by atoms with Crippen molar-refractivity contribution in [1.29, 1.82) is 0 Å². The Labute approximate surface area is 160 Å². The molecule has 144 valence electrons. The van der Waals surface area contributed by atoms with E-state index in [-0.39, 0.29) is 24.8 Å². The van der Waals surface area contributed by atoms with Crippen molar-refractivity contribution in [2.75, 3.05) is 11.9 Å². The Morgan fingerprint density at radius 2 is 1.75 bits per heavy atom. The van der Waals surface area contributed by atoms with Gasteiger partial charge in [-0.15, -0.1) is 0 Å². The normalized spacial score (nSPS) is 10.6. The summed E-state index contributed by atoms with van der Waals surface area (Å²) in [5, 5.41) is 5.82. The highest BCUT2D eigenvalue weighted by Gasteiger charge is 2.10. The molecule has 2 aromatic carbocycles. The molecule has 0 aliphatic rings. The molecule has 1 aromatic heterocycles. The molecule has 28 heavy (non-hydrogen) atoms. The first-order valence-electron chi connectivity index (χ1n) is 8.89. The number of anilines is 1. The number of hydrogen-bond acceptors (Lipinski definition) is 4. The number of aromatic nitrogens is 2. The van der Waals surface area contributed by atoms with Crippen molar-refractivity contribution < 1.29 is 9.59 Å². The topological polar surface area (TPSA) is 113 Å². The zero-order chi connectivity index (χ0) is 20.1. The minimum atomic E-state index is -0.553. The summed E-state index contributed by atoms with van der Waals surface area (Å²) in [6, 6.07) is 13.3. The second-order valence-electron chi connectivity index (χ2n) is 6.16. The maximum Gasteiger partial charge on any atom is 0.328 e. The highest BCUT2D eigenvalue weighted by molar-refractivity contribution is 5.95. The van der Waals surface area contributed by atoms with Crippen molar-refractivity contribution in [3.63, 3.8) is 0 Å².